The van der Waals surface area contributed by atoms with Gasteiger partial charge in [-0.2, -0.15) is 0 Å². The summed E-state index contributed by atoms with van der Waals surface area (Å²) >= 11 is 0. The van der Waals surface area contributed by atoms with E-state index in [0.29, 0.717) is 12.6 Å². The van der Waals surface area contributed by atoms with Crippen molar-refractivity contribution >= 4 is 5.91 Å². The highest BCUT2D eigenvalue weighted by Crippen LogP contribution is 2.13. The number of ether oxygens (including phenoxy) is 1. The van der Waals surface area contributed by atoms with Gasteiger partial charge >= 0.3 is 0 Å². The number of carbonyl (C=O) groups excluding carboxylic acids is 1. The second-order valence-corrected chi connectivity index (χ2v) is 5.12. The fourth-order valence-corrected chi connectivity index (χ4v) is 2.40. The van der Waals surface area contributed by atoms with E-state index in [0.717, 1.165) is 30.6 Å². The zero-order valence-corrected chi connectivity index (χ0v) is 11.6. The molecule has 104 valence electrons. The molecule has 1 amide bonds. The number of amides is 1. The summed E-state index contributed by atoms with van der Waals surface area (Å²) in [6.07, 6.45) is 3.20. The summed E-state index contributed by atoms with van der Waals surface area (Å²) in [6.45, 7) is 2.69. The van der Waals surface area contributed by atoms with Crippen molar-refractivity contribution < 1.29 is 9.53 Å². The van der Waals surface area contributed by atoms with E-state index in [9.17, 15) is 4.79 Å². The van der Waals surface area contributed by atoms with Crippen LogP contribution in [0.5, 0.6) is 5.75 Å². The third-order valence-electron chi connectivity index (χ3n) is 3.56. The van der Waals surface area contributed by atoms with Crippen molar-refractivity contribution in [3.63, 3.8) is 0 Å². The van der Waals surface area contributed by atoms with Crippen molar-refractivity contribution in [2.45, 2.75) is 44.8 Å². The van der Waals surface area contributed by atoms with Crippen LogP contribution in [0.1, 0.15) is 31.7 Å². The summed E-state index contributed by atoms with van der Waals surface area (Å²) in [6, 6.07) is 8.14. The number of hydrogen-bond donors (Lipinski definition) is 2. The lowest BCUT2D eigenvalue weighted by Gasteiger charge is -2.27. The van der Waals surface area contributed by atoms with E-state index in [4.69, 9.17) is 4.74 Å². The Morgan fingerprint density at radius 1 is 1.37 bits per heavy atom. The highest BCUT2D eigenvalue weighted by Gasteiger charge is 2.23. The molecule has 0 radical (unpaired) electrons. The molecule has 4 heteroatoms. The largest absolute Gasteiger partial charge is 0.497 e. The van der Waals surface area contributed by atoms with Gasteiger partial charge in [0.05, 0.1) is 13.2 Å². The quantitative estimate of drug-likeness (QED) is 0.870. The topological polar surface area (TPSA) is 50.4 Å². The van der Waals surface area contributed by atoms with E-state index in [1.54, 1.807) is 7.11 Å². The van der Waals surface area contributed by atoms with Gasteiger partial charge in [-0.05, 0) is 43.9 Å². The second kappa shape index (κ2) is 6.57. The molecular formula is C15H22N2O2. The summed E-state index contributed by atoms with van der Waals surface area (Å²) < 4.78 is 5.10. The van der Waals surface area contributed by atoms with Crippen LogP contribution < -0.4 is 15.4 Å². The Bertz CT molecular complexity index is 417. The molecule has 1 heterocycles. The van der Waals surface area contributed by atoms with E-state index in [1.807, 2.05) is 24.3 Å². The molecule has 2 unspecified atom stereocenters. The molecular weight excluding hydrogens is 240 g/mol. The molecule has 0 bridgehead atoms. The molecule has 4 nitrogen and oxygen atoms in total. The first kappa shape index (κ1) is 13.9. The van der Waals surface area contributed by atoms with Crippen LogP contribution in [0.15, 0.2) is 24.3 Å². The van der Waals surface area contributed by atoms with E-state index in [2.05, 4.69) is 17.6 Å². The molecule has 0 aliphatic carbocycles. The molecule has 2 rings (SSSR count). The Morgan fingerprint density at radius 3 is 2.74 bits per heavy atom. The van der Waals surface area contributed by atoms with Crippen LogP contribution in [0.25, 0.3) is 0 Å². The highest BCUT2D eigenvalue weighted by atomic mass is 16.5. The van der Waals surface area contributed by atoms with Crippen LogP contribution >= 0.6 is 0 Å². The minimum Gasteiger partial charge on any atom is -0.497 e. The van der Waals surface area contributed by atoms with Crippen molar-refractivity contribution in [1.82, 2.24) is 10.6 Å². The molecule has 0 spiro atoms. The van der Waals surface area contributed by atoms with Crippen LogP contribution in [0.2, 0.25) is 0 Å². The van der Waals surface area contributed by atoms with Gasteiger partial charge < -0.3 is 15.4 Å². The SMILES string of the molecule is COc1ccc(CNC(=O)C2CCCC(C)N2)cc1. The third kappa shape index (κ3) is 3.96. The molecule has 1 saturated heterocycles. The maximum atomic E-state index is 12.0. The van der Waals surface area contributed by atoms with Gasteiger partial charge in [-0.3, -0.25) is 4.79 Å². The van der Waals surface area contributed by atoms with Crippen LogP contribution in [0, 0.1) is 0 Å². The van der Waals surface area contributed by atoms with Gasteiger partial charge in [0.1, 0.15) is 5.75 Å². The van der Waals surface area contributed by atoms with E-state index < -0.39 is 0 Å². The van der Waals surface area contributed by atoms with Crippen molar-refractivity contribution in [1.29, 1.82) is 0 Å². The summed E-state index contributed by atoms with van der Waals surface area (Å²) in [5, 5.41) is 6.32. The lowest BCUT2D eigenvalue weighted by Crippen LogP contribution is -2.49. The number of hydrogen-bond acceptors (Lipinski definition) is 3. The fraction of sp³-hybridized carbons (Fsp3) is 0.533. The third-order valence-corrected chi connectivity index (χ3v) is 3.56. The summed E-state index contributed by atoms with van der Waals surface area (Å²) in [7, 11) is 1.65. The Balaban J connectivity index is 1.82. The molecule has 0 saturated carbocycles. The van der Waals surface area contributed by atoms with Crippen molar-refractivity contribution in [3.8, 4) is 5.75 Å². The number of nitrogens with one attached hydrogen (secondary N) is 2. The monoisotopic (exact) mass is 262 g/mol. The fourth-order valence-electron chi connectivity index (χ4n) is 2.40. The lowest BCUT2D eigenvalue weighted by molar-refractivity contribution is -0.124. The molecule has 1 aliphatic heterocycles. The first-order valence-corrected chi connectivity index (χ1v) is 6.85. The van der Waals surface area contributed by atoms with Crippen LogP contribution in [0.4, 0.5) is 0 Å². The summed E-state index contributed by atoms with van der Waals surface area (Å²) in [4.78, 5) is 12.0. The zero-order chi connectivity index (χ0) is 13.7. The van der Waals surface area contributed by atoms with Crippen LogP contribution in [0.3, 0.4) is 0 Å². The molecule has 2 N–H and O–H groups in total. The predicted molar refractivity (Wildman–Crippen MR) is 75.1 cm³/mol. The number of benzene rings is 1. The highest BCUT2D eigenvalue weighted by molar-refractivity contribution is 5.81. The van der Waals surface area contributed by atoms with Crippen LogP contribution in [-0.4, -0.2) is 25.1 Å². The van der Waals surface area contributed by atoms with E-state index in [1.165, 1.54) is 0 Å². The van der Waals surface area contributed by atoms with Crippen molar-refractivity contribution in [2.75, 3.05) is 7.11 Å². The average Bonchev–Trinajstić information content (AvgIpc) is 2.45. The Morgan fingerprint density at radius 2 is 2.11 bits per heavy atom. The van der Waals surface area contributed by atoms with Gasteiger partial charge in [0, 0.05) is 12.6 Å². The van der Waals surface area contributed by atoms with Crippen molar-refractivity contribution in [2.24, 2.45) is 0 Å². The molecule has 1 aromatic rings. The molecule has 0 aromatic heterocycles. The Kier molecular flexibility index (Phi) is 4.80. The Hall–Kier alpha value is -1.55. The Labute approximate surface area is 114 Å². The summed E-state index contributed by atoms with van der Waals surface area (Å²) in [5.41, 5.74) is 1.08. The van der Waals surface area contributed by atoms with Gasteiger partial charge in [-0.25, -0.2) is 0 Å². The summed E-state index contributed by atoms with van der Waals surface area (Å²) in [5.74, 6) is 0.931. The van der Waals surface area contributed by atoms with Gasteiger partial charge in [-0.1, -0.05) is 12.1 Å². The minimum atomic E-state index is -0.0398. The molecule has 2 atom stereocenters. The maximum absolute atomic E-state index is 12.0. The van der Waals surface area contributed by atoms with Crippen LogP contribution in [-0.2, 0) is 11.3 Å². The molecule has 19 heavy (non-hydrogen) atoms. The lowest BCUT2D eigenvalue weighted by atomic mass is 9.99. The van der Waals surface area contributed by atoms with Gasteiger partial charge in [0.25, 0.3) is 0 Å². The predicted octanol–water partition coefficient (Wildman–Crippen LogP) is 1.84. The smallest absolute Gasteiger partial charge is 0.237 e. The molecule has 1 fully saturated rings. The van der Waals surface area contributed by atoms with Crippen molar-refractivity contribution in [3.05, 3.63) is 29.8 Å². The average molecular weight is 262 g/mol. The molecule has 1 aromatic carbocycles. The van der Waals surface area contributed by atoms with Gasteiger partial charge in [0.2, 0.25) is 5.91 Å². The number of carbonyl (C=O) groups is 1. The normalized spacial score (nSPS) is 22.8. The van der Waals surface area contributed by atoms with E-state index in [-0.39, 0.29) is 11.9 Å². The number of piperidine rings is 1. The minimum absolute atomic E-state index is 0.0398. The zero-order valence-electron chi connectivity index (χ0n) is 11.6. The first-order valence-electron chi connectivity index (χ1n) is 6.85. The first-order chi connectivity index (χ1) is 9.19. The number of methoxy groups -OCH3 is 1. The van der Waals surface area contributed by atoms with Gasteiger partial charge in [0.15, 0.2) is 0 Å². The number of rotatable bonds is 4. The second-order valence-electron chi connectivity index (χ2n) is 5.12. The van der Waals surface area contributed by atoms with Gasteiger partial charge in [-0.15, -0.1) is 0 Å². The maximum Gasteiger partial charge on any atom is 0.237 e. The molecule has 1 aliphatic rings. The standard InChI is InChI=1S/C15H22N2O2/c1-11-4-3-5-14(17-11)15(18)16-10-12-6-8-13(19-2)9-7-12/h6-9,11,14,17H,3-5,10H2,1-2H3,(H,16,18). The van der Waals surface area contributed by atoms with E-state index >= 15 is 0 Å².